The maximum absolute atomic E-state index is 12.9. The van der Waals surface area contributed by atoms with Crippen LogP contribution in [-0.2, 0) is 14.8 Å². The van der Waals surface area contributed by atoms with Crippen LogP contribution in [0.15, 0.2) is 53.4 Å². The molecule has 3 heterocycles. The quantitative estimate of drug-likeness (QED) is 0.773. The molecule has 2 aromatic rings. The Morgan fingerprint density at radius 1 is 0.903 bits per heavy atom. The summed E-state index contributed by atoms with van der Waals surface area (Å²) in [6.07, 6.45) is -0.756. The standard InChI is InChI=1S/C21H23N3O6S/c25-21(22-15-6-7-19-20(10-15)29-9-8-28-19)23-11-16-13-24(14-17(12-23)30-16)31(26,27)18-4-2-1-3-5-18/h1-7,10,16-17H,8-9,11-14H2,(H,22,25)/t16-,17+. The maximum Gasteiger partial charge on any atom is 0.322 e. The van der Waals surface area contributed by atoms with Crippen LogP contribution in [0, 0.1) is 0 Å². The molecule has 0 radical (unpaired) electrons. The summed E-state index contributed by atoms with van der Waals surface area (Å²) in [7, 11) is -3.59. The van der Waals surface area contributed by atoms with Crippen LogP contribution in [0.4, 0.5) is 10.5 Å². The summed E-state index contributed by atoms with van der Waals surface area (Å²) < 4.78 is 44.3. The van der Waals surface area contributed by atoms with Gasteiger partial charge in [0.1, 0.15) is 13.2 Å². The number of amides is 2. The molecule has 0 aromatic heterocycles. The summed E-state index contributed by atoms with van der Waals surface area (Å²) in [4.78, 5) is 14.8. The van der Waals surface area contributed by atoms with Crippen molar-refractivity contribution in [2.24, 2.45) is 0 Å². The van der Waals surface area contributed by atoms with Gasteiger partial charge in [-0.15, -0.1) is 0 Å². The normalized spacial score (nSPS) is 23.3. The largest absolute Gasteiger partial charge is 0.486 e. The first kappa shape index (κ1) is 20.1. The zero-order chi connectivity index (χ0) is 21.4. The second kappa shape index (κ2) is 8.03. The molecular formula is C21H23N3O6S. The lowest BCUT2D eigenvalue weighted by Gasteiger charge is -2.45. The Bertz CT molecular complexity index is 1060. The van der Waals surface area contributed by atoms with Gasteiger partial charge >= 0.3 is 6.03 Å². The Morgan fingerprint density at radius 2 is 1.58 bits per heavy atom. The molecule has 5 rings (SSSR count). The number of carbonyl (C=O) groups is 1. The van der Waals surface area contributed by atoms with Gasteiger partial charge in [0, 0.05) is 24.8 Å². The van der Waals surface area contributed by atoms with E-state index in [0.717, 1.165) is 0 Å². The van der Waals surface area contributed by atoms with Gasteiger partial charge < -0.3 is 24.4 Å². The van der Waals surface area contributed by atoms with Gasteiger partial charge in [0.2, 0.25) is 10.0 Å². The number of morpholine rings is 2. The SMILES string of the molecule is O=C(Nc1ccc2c(c1)OCCO2)N1C[C@@H]2CN(S(=O)(=O)c3ccccc3)C[C@H](C1)O2. The molecule has 9 nitrogen and oxygen atoms in total. The number of benzene rings is 2. The smallest absolute Gasteiger partial charge is 0.322 e. The Hall–Kier alpha value is -2.82. The van der Waals surface area contributed by atoms with Gasteiger partial charge in [-0.05, 0) is 24.3 Å². The molecule has 10 heteroatoms. The van der Waals surface area contributed by atoms with E-state index in [1.165, 1.54) is 4.31 Å². The highest BCUT2D eigenvalue weighted by molar-refractivity contribution is 7.89. The molecule has 2 saturated heterocycles. The lowest BCUT2D eigenvalue weighted by molar-refractivity contribution is -0.110. The van der Waals surface area contributed by atoms with Crippen molar-refractivity contribution < 1.29 is 27.4 Å². The number of hydrogen-bond donors (Lipinski definition) is 1. The molecule has 3 aliphatic rings. The summed E-state index contributed by atoms with van der Waals surface area (Å²) >= 11 is 0. The van der Waals surface area contributed by atoms with E-state index in [1.54, 1.807) is 53.4 Å². The zero-order valence-electron chi connectivity index (χ0n) is 16.8. The third kappa shape index (κ3) is 4.06. The molecule has 2 fully saturated rings. The Morgan fingerprint density at radius 3 is 2.29 bits per heavy atom. The molecule has 164 valence electrons. The molecule has 1 N–H and O–H groups in total. The van der Waals surface area contributed by atoms with Crippen molar-refractivity contribution in [2.75, 3.05) is 44.7 Å². The van der Waals surface area contributed by atoms with Crippen LogP contribution in [-0.4, -0.2) is 75.3 Å². The zero-order valence-corrected chi connectivity index (χ0v) is 17.6. The Kier molecular flexibility index (Phi) is 5.20. The van der Waals surface area contributed by atoms with Crippen molar-refractivity contribution in [1.29, 1.82) is 0 Å². The molecule has 2 aromatic carbocycles. The predicted octanol–water partition coefficient (Wildman–Crippen LogP) is 1.76. The van der Waals surface area contributed by atoms with Gasteiger partial charge in [0.15, 0.2) is 11.5 Å². The Balaban J connectivity index is 1.24. The highest BCUT2D eigenvalue weighted by atomic mass is 32.2. The fourth-order valence-electron chi connectivity index (χ4n) is 4.08. The van der Waals surface area contributed by atoms with Gasteiger partial charge in [-0.25, -0.2) is 13.2 Å². The van der Waals surface area contributed by atoms with E-state index < -0.39 is 10.0 Å². The number of hydrogen-bond acceptors (Lipinski definition) is 6. The van der Waals surface area contributed by atoms with E-state index in [9.17, 15) is 13.2 Å². The van der Waals surface area contributed by atoms with Gasteiger partial charge in [-0.3, -0.25) is 0 Å². The van der Waals surface area contributed by atoms with Gasteiger partial charge in [0.05, 0.1) is 30.2 Å². The number of fused-ring (bicyclic) bond motifs is 3. The maximum atomic E-state index is 12.9. The summed E-state index contributed by atoms with van der Waals surface area (Å²) in [5.41, 5.74) is 0.610. The van der Waals surface area contributed by atoms with Crippen LogP contribution in [0.5, 0.6) is 11.5 Å². The highest BCUT2D eigenvalue weighted by Gasteiger charge is 2.41. The van der Waals surface area contributed by atoms with Crippen molar-refractivity contribution in [3.8, 4) is 11.5 Å². The first-order valence-corrected chi connectivity index (χ1v) is 11.6. The number of sulfonamides is 1. The lowest BCUT2D eigenvalue weighted by Crippen LogP contribution is -2.61. The fraction of sp³-hybridized carbons (Fsp3) is 0.381. The van der Waals surface area contributed by atoms with Crippen LogP contribution in [0.3, 0.4) is 0 Å². The molecule has 0 spiro atoms. The van der Waals surface area contributed by atoms with Crippen molar-refractivity contribution in [3.63, 3.8) is 0 Å². The van der Waals surface area contributed by atoms with Crippen molar-refractivity contribution >= 4 is 21.7 Å². The second-order valence-electron chi connectivity index (χ2n) is 7.71. The summed E-state index contributed by atoms with van der Waals surface area (Å²) in [5, 5.41) is 2.88. The molecule has 3 aliphatic heterocycles. The summed E-state index contributed by atoms with van der Waals surface area (Å²) in [5.74, 6) is 1.26. The number of anilines is 1. The van der Waals surface area contributed by atoms with Gasteiger partial charge in [-0.2, -0.15) is 4.31 Å². The minimum atomic E-state index is -3.59. The third-order valence-corrected chi connectivity index (χ3v) is 7.35. The van der Waals surface area contributed by atoms with Crippen LogP contribution in [0.2, 0.25) is 0 Å². The number of nitrogens with one attached hydrogen (secondary N) is 1. The van der Waals surface area contributed by atoms with E-state index in [2.05, 4.69) is 5.32 Å². The fourth-order valence-corrected chi connectivity index (χ4v) is 5.61. The van der Waals surface area contributed by atoms with Crippen LogP contribution < -0.4 is 14.8 Å². The van der Waals surface area contributed by atoms with Gasteiger partial charge in [-0.1, -0.05) is 18.2 Å². The minimum absolute atomic E-state index is 0.210. The third-order valence-electron chi connectivity index (χ3n) is 5.51. The van der Waals surface area contributed by atoms with E-state index in [1.807, 2.05) is 0 Å². The first-order valence-electron chi connectivity index (χ1n) is 10.2. The molecule has 0 saturated carbocycles. The summed E-state index contributed by atoms with van der Waals surface area (Å²) in [6.45, 7) is 2.02. The molecular weight excluding hydrogens is 422 g/mol. The highest BCUT2D eigenvalue weighted by Crippen LogP contribution is 2.33. The molecule has 2 atom stereocenters. The van der Waals surface area contributed by atoms with E-state index >= 15 is 0 Å². The van der Waals surface area contributed by atoms with Crippen molar-refractivity contribution in [1.82, 2.24) is 9.21 Å². The molecule has 0 aliphatic carbocycles. The van der Waals surface area contributed by atoms with Crippen molar-refractivity contribution in [2.45, 2.75) is 17.1 Å². The topological polar surface area (TPSA) is 97.4 Å². The van der Waals surface area contributed by atoms with Crippen LogP contribution in [0.25, 0.3) is 0 Å². The minimum Gasteiger partial charge on any atom is -0.486 e. The van der Waals surface area contributed by atoms with Gasteiger partial charge in [0.25, 0.3) is 0 Å². The van der Waals surface area contributed by atoms with Crippen LogP contribution in [0.1, 0.15) is 0 Å². The molecule has 31 heavy (non-hydrogen) atoms. The monoisotopic (exact) mass is 445 g/mol. The van der Waals surface area contributed by atoms with E-state index in [0.29, 0.717) is 43.5 Å². The van der Waals surface area contributed by atoms with Crippen LogP contribution >= 0.6 is 0 Å². The molecule has 0 unspecified atom stereocenters. The average molecular weight is 445 g/mol. The number of nitrogens with zero attached hydrogens (tertiary/aromatic N) is 2. The average Bonchev–Trinajstić information content (AvgIpc) is 2.79. The number of urea groups is 1. The first-order chi connectivity index (χ1) is 15.0. The number of carbonyl (C=O) groups excluding carboxylic acids is 1. The molecule has 2 amide bonds. The Labute approximate surface area is 180 Å². The molecule has 2 bridgehead atoms. The summed E-state index contributed by atoms with van der Waals surface area (Å²) in [6, 6.07) is 13.4. The van der Waals surface area contributed by atoms with E-state index in [-0.39, 0.29) is 36.2 Å². The number of ether oxygens (including phenoxy) is 3. The number of rotatable bonds is 3. The second-order valence-corrected chi connectivity index (χ2v) is 9.65. The lowest BCUT2D eigenvalue weighted by atomic mass is 10.1. The predicted molar refractivity (Wildman–Crippen MR) is 112 cm³/mol. The van der Waals surface area contributed by atoms with E-state index in [4.69, 9.17) is 14.2 Å². The van der Waals surface area contributed by atoms with Crippen molar-refractivity contribution in [3.05, 3.63) is 48.5 Å².